The molecule has 29 heavy (non-hydrogen) atoms. The van der Waals surface area contributed by atoms with E-state index in [0.29, 0.717) is 0 Å². The number of alkyl halides is 3. The zero-order valence-electron chi connectivity index (χ0n) is 14.8. The van der Waals surface area contributed by atoms with Crippen molar-refractivity contribution in [2.45, 2.75) is 30.5 Å². The SMILES string of the molecule is Cc1ccc(NS(=O)(=O)c2ccc(NC(=O)[C@@](C)(O)C(F)(F)F)c(Cl)c2Cl)nc1. The summed E-state index contributed by atoms with van der Waals surface area (Å²) >= 11 is 11.9. The summed E-state index contributed by atoms with van der Waals surface area (Å²) in [4.78, 5) is 15.2. The lowest BCUT2D eigenvalue weighted by molar-refractivity contribution is -0.242. The fraction of sp³-hybridized carbons (Fsp3) is 0.250. The number of anilines is 2. The van der Waals surface area contributed by atoms with Crippen molar-refractivity contribution in [2.24, 2.45) is 0 Å². The molecule has 0 aliphatic carbocycles. The maximum atomic E-state index is 12.8. The minimum atomic E-state index is -5.25. The number of aryl methyl sites for hydroxylation is 1. The Morgan fingerprint density at radius 2 is 1.76 bits per heavy atom. The first-order chi connectivity index (χ1) is 13.2. The Morgan fingerprint density at radius 3 is 2.28 bits per heavy atom. The molecule has 0 spiro atoms. The fourth-order valence-electron chi connectivity index (χ4n) is 1.93. The van der Waals surface area contributed by atoms with Gasteiger partial charge in [-0.2, -0.15) is 13.2 Å². The molecule has 0 bridgehead atoms. The van der Waals surface area contributed by atoms with E-state index in [9.17, 15) is 31.5 Å². The number of pyridine rings is 1. The third-order valence-corrected chi connectivity index (χ3v) is 6.12. The van der Waals surface area contributed by atoms with Crippen molar-refractivity contribution < 1.29 is 31.5 Å². The van der Waals surface area contributed by atoms with Crippen molar-refractivity contribution in [3.8, 4) is 0 Å². The molecule has 0 saturated carbocycles. The number of amides is 1. The monoisotopic (exact) mass is 471 g/mol. The molecule has 0 aliphatic rings. The van der Waals surface area contributed by atoms with Gasteiger partial charge in [-0.25, -0.2) is 13.4 Å². The van der Waals surface area contributed by atoms with Gasteiger partial charge in [-0.15, -0.1) is 0 Å². The summed E-state index contributed by atoms with van der Waals surface area (Å²) in [6.45, 7) is 2.01. The van der Waals surface area contributed by atoms with Gasteiger partial charge in [0, 0.05) is 6.20 Å². The van der Waals surface area contributed by atoms with Gasteiger partial charge in [0.15, 0.2) is 0 Å². The van der Waals surface area contributed by atoms with Crippen molar-refractivity contribution in [3.63, 3.8) is 0 Å². The molecule has 0 aliphatic heterocycles. The van der Waals surface area contributed by atoms with Crippen LogP contribution < -0.4 is 10.0 Å². The third kappa shape index (κ3) is 4.92. The maximum Gasteiger partial charge on any atom is 0.426 e. The van der Waals surface area contributed by atoms with Crippen molar-refractivity contribution in [1.82, 2.24) is 4.98 Å². The van der Waals surface area contributed by atoms with Crippen LogP contribution in [0.5, 0.6) is 0 Å². The number of hydrogen-bond acceptors (Lipinski definition) is 5. The van der Waals surface area contributed by atoms with E-state index in [2.05, 4.69) is 9.71 Å². The minimum Gasteiger partial charge on any atom is -0.373 e. The lowest BCUT2D eigenvalue weighted by Gasteiger charge is -2.25. The van der Waals surface area contributed by atoms with Crippen molar-refractivity contribution in [1.29, 1.82) is 0 Å². The Bertz CT molecular complexity index is 1040. The fourth-order valence-corrected chi connectivity index (χ4v) is 3.76. The molecule has 0 saturated heterocycles. The normalized spacial score (nSPS) is 14.2. The lowest BCUT2D eigenvalue weighted by atomic mass is 10.1. The van der Waals surface area contributed by atoms with E-state index in [1.807, 2.05) is 0 Å². The summed E-state index contributed by atoms with van der Waals surface area (Å²) in [5.41, 5.74) is -3.32. The van der Waals surface area contributed by atoms with Crippen LogP contribution in [0, 0.1) is 6.92 Å². The van der Waals surface area contributed by atoms with E-state index < -0.39 is 48.3 Å². The predicted molar refractivity (Wildman–Crippen MR) is 102 cm³/mol. The number of sulfonamides is 1. The number of rotatable bonds is 5. The topological polar surface area (TPSA) is 108 Å². The van der Waals surface area contributed by atoms with Gasteiger partial charge in [0.2, 0.25) is 5.60 Å². The van der Waals surface area contributed by atoms with Gasteiger partial charge < -0.3 is 10.4 Å². The number of nitrogens with one attached hydrogen (secondary N) is 2. The molecule has 1 aromatic carbocycles. The number of aliphatic hydroxyl groups is 1. The molecule has 1 heterocycles. The molecule has 7 nitrogen and oxygen atoms in total. The van der Waals surface area contributed by atoms with Crippen LogP contribution in [-0.4, -0.2) is 36.2 Å². The second-order valence-corrected chi connectivity index (χ2v) is 8.50. The number of hydrogen-bond donors (Lipinski definition) is 3. The van der Waals surface area contributed by atoms with Gasteiger partial charge >= 0.3 is 6.18 Å². The molecule has 1 amide bonds. The Balaban J connectivity index is 2.33. The number of benzene rings is 1. The van der Waals surface area contributed by atoms with Crippen LogP contribution in [0.15, 0.2) is 35.4 Å². The molecule has 2 rings (SSSR count). The first kappa shape index (κ1) is 23.2. The summed E-state index contributed by atoms with van der Waals surface area (Å²) in [6, 6.07) is 4.90. The van der Waals surface area contributed by atoms with Crippen LogP contribution in [0.3, 0.4) is 0 Å². The lowest BCUT2D eigenvalue weighted by Crippen LogP contribution is -2.52. The largest absolute Gasteiger partial charge is 0.426 e. The summed E-state index contributed by atoms with van der Waals surface area (Å²) in [5, 5.41) is 10.1. The Morgan fingerprint density at radius 1 is 1.14 bits per heavy atom. The first-order valence-electron chi connectivity index (χ1n) is 7.71. The van der Waals surface area contributed by atoms with Gasteiger partial charge in [-0.1, -0.05) is 29.3 Å². The van der Waals surface area contributed by atoms with Gasteiger partial charge in [0.1, 0.15) is 10.7 Å². The van der Waals surface area contributed by atoms with Crippen molar-refractivity contribution in [3.05, 3.63) is 46.1 Å². The second kappa shape index (κ2) is 7.98. The highest BCUT2D eigenvalue weighted by atomic mass is 35.5. The van der Waals surface area contributed by atoms with Crippen molar-refractivity contribution >= 4 is 50.6 Å². The number of halogens is 5. The quantitative estimate of drug-likeness (QED) is 0.615. The zero-order valence-corrected chi connectivity index (χ0v) is 17.1. The van der Waals surface area contributed by atoms with E-state index in [1.54, 1.807) is 18.3 Å². The molecule has 2 aromatic rings. The number of aromatic nitrogens is 1. The van der Waals surface area contributed by atoms with E-state index in [-0.39, 0.29) is 12.7 Å². The van der Waals surface area contributed by atoms with Crippen molar-refractivity contribution in [2.75, 3.05) is 10.0 Å². The summed E-state index contributed by atoms with van der Waals surface area (Å²) in [5.74, 6) is -1.82. The van der Waals surface area contributed by atoms with Crippen LogP contribution in [-0.2, 0) is 14.8 Å². The maximum absolute atomic E-state index is 12.8. The Labute approximate surface area is 173 Å². The molecule has 1 atom stereocenters. The highest BCUT2D eigenvalue weighted by molar-refractivity contribution is 7.92. The number of carbonyl (C=O) groups excluding carboxylic acids is 1. The van der Waals surface area contributed by atoms with Gasteiger partial charge in [0.05, 0.1) is 15.7 Å². The number of carbonyl (C=O) groups is 1. The van der Waals surface area contributed by atoms with Crippen LogP contribution in [0.25, 0.3) is 0 Å². The number of nitrogens with zero attached hydrogens (tertiary/aromatic N) is 1. The summed E-state index contributed by atoms with van der Waals surface area (Å²) < 4.78 is 65.5. The van der Waals surface area contributed by atoms with Crippen LogP contribution >= 0.6 is 23.2 Å². The molecule has 0 radical (unpaired) electrons. The van der Waals surface area contributed by atoms with Crippen LogP contribution in [0.1, 0.15) is 12.5 Å². The average molecular weight is 472 g/mol. The predicted octanol–water partition coefficient (Wildman–Crippen LogP) is 3.75. The van der Waals surface area contributed by atoms with Gasteiger partial charge in [-0.3, -0.25) is 9.52 Å². The first-order valence-corrected chi connectivity index (χ1v) is 9.95. The highest BCUT2D eigenvalue weighted by Gasteiger charge is 2.55. The average Bonchev–Trinajstić information content (AvgIpc) is 2.59. The van der Waals surface area contributed by atoms with Gasteiger partial charge in [0.25, 0.3) is 15.9 Å². The molecule has 0 unspecified atom stereocenters. The molecule has 1 aromatic heterocycles. The van der Waals surface area contributed by atoms with E-state index in [1.165, 1.54) is 12.3 Å². The van der Waals surface area contributed by atoms with E-state index in [4.69, 9.17) is 23.2 Å². The molecular weight excluding hydrogens is 458 g/mol. The molecular formula is C16H14Cl2F3N3O4S. The molecule has 0 fully saturated rings. The molecule has 158 valence electrons. The summed E-state index contributed by atoms with van der Waals surface area (Å²) in [6.07, 6.45) is -3.82. The smallest absolute Gasteiger partial charge is 0.373 e. The molecule has 13 heteroatoms. The van der Waals surface area contributed by atoms with E-state index >= 15 is 0 Å². The van der Waals surface area contributed by atoms with Gasteiger partial charge in [-0.05, 0) is 37.6 Å². The Hall–Kier alpha value is -2.08. The molecule has 3 N–H and O–H groups in total. The van der Waals surface area contributed by atoms with E-state index in [0.717, 1.165) is 17.7 Å². The minimum absolute atomic E-state index is 0.00129. The third-order valence-electron chi connectivity index (χ3n) is 3.73. The second-order valence-electron chi connectivity index (χ2n) is 6.09. The Kier molecular flexibility index (Phi) is 6.38. The highest BCUT2D eigenvalue weighted by Crippen LogP contribution is 2.37. The summed E-state index contributed by atoms with van der Waals surface area (Å²) in [7, 11) is -4.25. The standard InChI is InChI=1S/C16H14Cl2F3N3O4S/c1-8-3-6-11(22-7-8)24-29(27,28)10-5-4-9(12(17)13(10)18)23-14(25)15(2,26)16(19,20)21/h3-7,26H,1-2H3,(H,22,24)(H,23,25)/t15-/m1/s1. The van der Waals surface area contributed by atoms with Crippen LogP contribution in [0.2, 0.25) is 10.0 Å². The zero-order chi connectivity index (χ0) is 22.2. The van der Waals surface area contributed by atoms with Crippen LogP contribution in [0.4, 0.5) is 24.7 Å².